The summed E-state index contributed by atoms with van der Waals surface area (Å²) in [6, 6.07) is 14.2. The van der Waals surface area contributed by atoms with Crippen LogP contribution < -0.4 is 4.74 Å². The number of hydrogen-bond donors (Lipinski definition) is 0. The average Bonchev–Trinajstić information content (AvgIpc) is 3.49. The smallest absolute Gasteiger partial charge is 0.131 e. The summed E-state index contributed by atoms with van der Waals surface area (Å²) in [5.41, 5.74) is 1.62. The lowest BCUT2D eigenvalue weighted by Crippen LogP contribution is -2.51. The van der Waals surface area contributed by atoms with E-state index in [1.807, 2.05) is 12.1 Å². The first-order valence-electron chi connectivity index (χ1n) is 9.73. The van der Waals surface area contributed by atoms with Crippen LogP contribution in [0.3, 0.4) is 0 Å². The minimum Gasteiger partial charge on any atom is -0.489 e. The Labute approximate surface area is 165 Å². The van der Waals surface area contributed by atoms with Crippen molar-refractivity contribution in [2.75, 3.05) is 19.6 Å². The zero-order valence-electron chi connectivity index (χ0n) is 15.7. The van der Waals surface area contributed by atoms with Crippen LogP contribution in [0.2, 0.25) is 5.02 Å². The van der Waals surface area contributed by atoms with Crippen molar-refractivity contribution in [1.82, 2.24) is 9.80 Å². The second-order valence-corrected chi connectivity index (χ2v) is 8.09. The van der Waals surface area contributed by atoms with E-state index in [1.165, 1.54) is 24.5 Å². The van der Waals surface area contributed by atoms with Crippen LogP contribution >= 0.6 is 11.6 Å². The number of nitrogens with zero attached hydrogens (tertiary/aromatic N) is 2. The molecule has 2 aliphatic rings. The molecule has 3 nitrogen and oxygen atoms in total. The van der Waals surface area contributed by atoms with Crippen LogP contribution in [0, 0.1) is 5.82 Å². The molecule has 27 heavy (non-hydrogen) atoms. The first-order valence-corrected chi connectivity index (χ1v) is 10.1. The summed E-state index contributed by atoms with van der Waals surface area (Å²) in [7, 11) is 0. The molecule has 5 heteroatoms. The van der Waals surface area contributed by atoms with E-state index >= 15 is 0 Å². The highest BCUT2D eigenvalue weighted by Gasteiger charge is 2.33. The summed E-state index contributed by atoms with van der Waals surface area (Å²) in [5.74, 6) is 0.414. The van der Waals surface area contributed by atoms with Crippen molar-refractivity contribution in [2.45, 2.75) is 45.0 Å². The van der Waals surface area contributed by atoms with Gasteiger partial charge in [-0.25, -0.2) is 4.39 Å². The lowest BCUT2D eigenvalue weighted by atomic mass is 10.1. The van der Waals surface area contributed by atoms with Crippen LogP contribution in [0.25, 0.3) is 0 Å². The quantitative estimate of drug-likeness (QED) is 0.711. The van der Waals surface area contributed by atoms with Crippen molar-refractivity contribution < 1.29 is 9.13 Å². The Bertz CT molecular complexity index is 775. The standard InChI is InChI=1S/C22H26ClFN2O/c1-16-13-26(18-8-9-18)11-10-25(16)14-17-4-2-5-19(12-17)27-15-20-21(23)6-3-7-22(20)24/h2-7,12,16,18H,8-11,13-15H2,1H3. The summed E-state index contributed by atoms with van der Waals surface area (Å²) in [6.45, 7) is 6.79. The molecule has 1 aliphatic carbocycles. The summed E-state index contributed by atoms with van der Waals surface area (Å²) in [5, 5.41) is 0.397. The Morgan fingerprint density at radius 1 is 1.15 bits per heavy atom. The molecule has 1 saturated heterocycles. The van der Waals surface area contributed by atoms with Crippen molar-refractivity contribution in [3.05, 3.63) is 64.4 Å². The van der Waals surface area contributed by atoms with Crippen molar-refractivity contribution in [3.8, 4) is 5.75 Å². The molecule has 2 fully saturated rings. The van der Waals surface area contributed by atoms with Gasteiger partial charge in [0.2, 0.25) is 0 Å². The molecule has 0 bridgehead atoms. The van der Waals surface area contributed by atoms with E-state index in [0.717, 1.165) is 38.0 Å². The third-order valence-electron chi connectivity index (χ3n) is 5.59. The number of piperazine rings is 1. The van der Waals surface area contributed by atoms with Gasteiger partial charge < -0.3 is 4.74 Å². The maximum absolute atomic E-state index is 13.9. The Kier molecular flexibility index (Phi) is 5.67. The third kappa shape index (κ3) is 4.63. The molecule has 144 valence electrons. The summed E-state index contributed by atoms with van der Waals surface area (Å²) < 4.78 is 19.7. The fourth-order valence-corrected chi connectivity index (χ4v) is 4.04. The molecular formula is C22H26ClFN2O. The van der Waals surface area contributed by atoms with E-state index in [-0.39, 0.29) is 12.4 Å². The van der Waals surface area contributed by atoms with Crippen LogP contribution in [-0.4, -0.2) is 41.5 Å². The second kappa shape index (κ2) is 8.17. The molecule has 0 spiro atoms. The third-order valence-corrected chi connectivity index (χ3v) is 5.94. The van der Waals surface area contributed by atoms with Gasteiger partial charge in [-0.1, -0.05) is 29.8 Å². The van der Waals surface area contributed by atoms with Gasteiger partial charge in [0.05, 0.1) is 5.02 Å². The van der Waals surface area contributed by atoms with Crippen LogP contribution in [0.15, 0.2) is 42.5 Å². The van der Waals surface area contributed by atoms with E-state index in [9.17, 15) is 4.39 Å². The lowest BCUT2D eigenvalue weighted by Gasteiger charge is -2.40. The molecule has 0 N–H and O–H groups in total. The van der Waals surface area contributed by atoms with Gasteiger partial charge in [0.1, 0.15) is 18.2 Å². The number of hydrogen-bond acceptors (Lipinski definition) is 3. The lowest BCUT2D eigenvalue weighted by molar-refractivity contribution is 0.0729. The minimum absolute atomic E-state index is 0.130. The fraction of sp³-hybridized carbons (Fsp3) is 0.455. The van der Waals surface area contributed by atoms with Gasteiger partial charge >= 0.3 is 0 Å². The van der Waals surface area contributed by atoms with Crippen LogP contribution in [-0.2, 0) is 13.2 Å². The van der Waals surface area contributed by atoms with Crippen LogP contribution in [0.1, 0.15) is 30.9 Å². The molecule has 0 aromatic heterocycles. The Morgan fingerprint density at radius 3 is 2.70 bits per heavy atom. The van der Waals surface area contributed by atoms with Gasteiger partial charge in [0.15, 0.2) is 0 Å². The molecule has 1 unspecified atom stereocenters. The molecule has 1 saturated carbocycles. The molecule has 1 heterocycles. The number of halogens is 2. The highest BCUT2D eigenvalue weighted by molar-refractivity contribution is 6.31. The molecule has 1 atom stereocenters. The van der Waals surface area contributed by atoms with E-state index in [0.29, 0.717) is 16.6 Å². The van der Waals surface area contributed by atoms with Crippen molar-refractivity contribution >= 4 is 11.6 Å². The Morgan fingerprint density at radius 2 is 1.96 bits per heavy atom. The van der Waals surface area contributed by atoms with E-state index in [4.69, 9.17) is 16.3 Å². The average molecular weight is 389 g/mol. The maximum Gasteiger partial charge on any atom is 0.131 e. The van der Waals surface area contributed by atoms with E-state index in [1.54, 1.807) is 12.1 Å². The summed E-state index contributed by atoms with van der Waals surface area (Å²) >= 11 is 6.08. The van der Waals surface area contributed by atoms with Gasteiger partial charge in [-0.2, -0.15) is 0 Å². The Hall–Kier alpha value is -1.62. The molecule has 2 aromatic rings. The molecular weight excluding hydrogens is 363 g/mol. The summed E-state index contributed by atoms with van der Waals surface area (Å²) in [6.07, 6.45) is 2.75. The van der Waals surface area contributed by atoms with Gasteiger partial charge in [-0.3, -0.25) is 9.80 Å². The molecule has 2 aromatic carbocycles. The predicted octanol–water partition coefficient (Wildman–Crippen LogP) is 4.73. The number of benzene rings is 2. The highest BCUT2D eigenvalue weighted by Crippen LogP contribution is 2.29. The van der Waals surface area contributed by atoms with Crippen LogP contribution in [0.4, 0.5) is 4.39 Å². The SMILES string of the molecule is CC1CN(C2CC2)CCN1Cc1cccc(OCc2c(F)cccc2Cl)c1. The monoisotopic (exact) mass is 388 g/mol. The van der Waals surface area contributed by atoms with Gasteiger partial charge in [0.25, 0.3) is 0 Å². The van der Waals surface area contributed by atoms with E-state index in [2.05, 4.69) is 28.9 Å². The van der Waals surface area contributed by atoms with Crippen molar-refractivity contribution in [2.24, 2.45) is 0 Å². The first-order chi connectivity index (χ1) is 13.1. The first kappa shape index (κ1) is 18.7. The normalized spacial score (nSPS) is 21.4. The molecule has 1 aliphatic heterocycles. The van der Waals surface area contributed by atoms with Crippen molar-refractivity contribution in [3.63, 3.8) is 0 Å². The zero-order valence-corrected chi connectivity index (χ0v) is 16.5. The second-order valence-electron chi connectivity index (χ2n) is 7.68. The molecule has 0 amide bonds. The van der Waals surface area contributed by atoms with Gasteiger partial charge in [-0.15, -0.1) is 0 Å². The fourth-order valence-electron chi connectivity index (χ4n) is 3.82. The minimum atomic E-state index is -0.332. The molecule has 4 rings (SSSR count). The number of ether oxygens (including phenoxy) is 1. The maximum atomic E-state index is 13.9. The predicted molar refractivity (Wildman–Crippen MR) is 107 cm³/mol. The topological polar surface area (TPSA) is 15.7 Å². The Balaban J connectivity index is 1.36. The molecule has 0 radical (unpaired) electrons. The summed E-state index contributed by atoms with van der Waals surface area (Å²) in [4.78, 5) is 5.17. The van der Waals surface area contributed by atoms with Gasteiger partial charge in [-0.05, 0) is 49.6 Å². The van der Waals surface area contributed by atoms with Crippen molar-refractivity contribution in [1.29, 1.82) is 0 Å². The zero-order chi connectivity index (χ0) is 18.8. The largest absolute Gasteiger partial charge is 0.489 e. The van der Waals surface area contributed by atoms with E-state index < -0.39 is 0 Å². The van der Waals surface area contributed by atoms with Gasteiger partial charge in [0, 0.05) is 43.8 Å². The van der Waals surface area contributed by atoms with Crippen LogP contribution in [0.5, 0.6) is 5.75 Å². The highest BCUT2D eigenvalue weighted by atomic mass is 35.5. The number of rotatable bonds is 6.